The predicted octanol–water partition coefficient (Wildman–Crippen LogP) is 3.89. The van der Waals surface area contributed by atoms with Crippen molar-refractivity contribution in [3.8, 4) is 0 Å². The number of benzene rings is 1. The van der Waals surface area contributed by atoms with E-state index >= 15 is 0 Å². The van der Waals surface area contributed by atoms with Gasteiger partial charge in [0.05, 0.1) is 6.04 Å². The van der Waals surface area contributed by atoms with Gasteiger partial charge in [0.2, 0.25) is 5.91 Å². The molecule has 1 N–H and O–H groups in total. The van der Waals surface area contributed by atoms with Crippen LogP contribution in [0.1, 0.15) is 51.9 Å². The number of aromatic nitrogens is 1. The van der Waals surface area contributed by atoms with Gasteiger partial charge < -0.3 is 19.7 Å². The molecule has 0 bridgehead atoms. The molecule has 0 saturated carbocycles. The molecule has 1 aromatic heterocycles. The van der Waals surface area contributed by atoms with Crippen molar-refractivity contribution in [2.24, 2.45) is 5.92 Å². The van der Waals surface area contributed by atoms with Gasteiger partial charge in [0.1, 0.15) is 6.54 Å². The molecule has 0 spiro atoms. The van der Waals surface area contributed by atoms with E-state index in [1.165, 1.54) is 0 Å². The van der Waals surface area contributed by atoms with E-state index < -0.39 is 0 Å². The fourth-order valence-electron chi connectivity index (χ4n) is 3.95. The first kappa shape index (κ1) is 21.9. The minimum absolute atomic E-state index is 0.0268. The molecular formula is C24H34N4O2. The first-order chi connectivity index (χ1) is 14.2. The first-order valence-electron chi connectivity index (χ1n) is 10.7. The number of nitrogens with one attached hydrogen (secondary N) is 1. The third-order valence-corrected chi connectivity index (χ3v) is 5.15. The summed E-state index contributed by atoms with van der Waals surface area (Å²) >= 11 is 0. The highest BCUT2D eigenvalue weighted by atomic mass is 16.2. The molecule has 3 amide bonds. The molecule has 2 heterocycles. The molecule has 6 nitrogen and oxygen atoms in total. The summed E-state index contributed by atoms with van der Waals surface area (Å²) in [6.45, 7) is 12.0. The van der Waals surface area contributed by atoms with Gasteiger partial charge in [-0.1, -0.05) is 44.2 Å². The Kier molecular flexibility index (Phi) is 6.54. The van der Waals surface area contributed by atoms with Crippen LogP contribution in [0.25, 0.3) is 0 Å². The van der Waals surface area contributed by atoms with Crippen LogP contribution in [-0.2, 0) is 11.3 Å². The van der Waals surface area contributed by atoms with Gasteiger partial charge in [0.15, 0.2) is 0 Å². The van der Waals surface area contributed by atoms with E-state index in [0.29, 0.717) is 13.1 Å². The number of amides is 3. The Morgan fingerprint density at radius 3 is 2.43 bits per heavy atom. The monoisotopic (exact) mass is 410 g/mol. The Balaban J connectivity index is 1.85. The first-order valence-corrected chi connectivity index (χ1v) is 10.7. The fourth-order valence-corrected chi connectivity index (χ4v) is 3.95. The Morgan fingerprint density at radius 2 is 1.80 bits per heavy atom. The van der Waals surface area contributed by atoms with Crippen molar-refractivity contribution in [1.29, 1.82) is 0 Å². The molecule has 1 aliphatic rings. The SMILES string of the molecule is CC(C)CN(CC(=O)N1CCn2cccc2C1c1ccccc1)C(=O)NC(C)(C)C. The molecule has 1 unspecified atom stereocenters. The van der Waals surface area contributed by atoms with Gasteiger partial charge in [0.25, 0.3) is 0 Å². The molecule has 3 rings (SSSR count). The van der Waals surface area contributed by atoms with Crippen LogP contribution in [0.15, 0.2) is 48.7 Å². The molecule has 6 heteroatoms. The average molecular weight is 411 g/mol. The molecular weight excluding hydrogens is 376 g/mol. The van der Waals surface area contributed by atoms with E-state index in [1.807, 2.05) is 49.9 Å². The lowest BCUT2D eigenvalue weighted by Gasteiger charge is -2.39. The van der Waals surface area contributed by atoms with Crippen molar-refractivity contribution in [3.05, 3.63) is 59.9 Å². The Labute approximate surface area is 179 Å². The summed E-state index contributed by atoms with van der Waals surface area (Å²) in [7, 11) is 0. The summed E-state index contributed by atoms with van der Waals surface area (Å²) in [5, 5.41) is 3.00. The third-order valence-electron chi connectivity index (χ3n) is 5.15. The van der Waals surface area contributed by atoms with Crippen LogP contribution in [0.4, 0.5) is 4.79 Å². The zero-order chi connectivity index (χ0) is 21.9. The maximum absolute atomic E-state index is 13.5. The highest BCUT2D eigenvalue weighted by Gasteiger charge is 2.33. The molecule has 0 fully saturated rings. The van der Waals surface area contributed by atoms with Gasteiger partial charge in [-0.3, -0.25) is 4.79 Å². The topological polar surface area (TPSA) is 57.6 Å². The van der Waals surface area contributed by atoms with Gasteiger partial charge in [-0.05, 0) is 44.4 Å². The number of hydrogen-bond donors (Lipinski definition) is 1. The number of rotatable bonds is 5. The quantitative estimate of drug-likeness (QED) is 0.813. The van der Waals surface area contributed by atoms with Gasteiger partial charge in [-0.15, -0.1) is 0 Å². The van der Waals surface area contributed by atoms with Gasteiger partial charge >= 0.3 is 6.03 Å². The summed E-state index contributed by atoms with van der Waals surface area (Å²) < 4.78 is 2.21. The standard InChI is InChI=1S/C24H34N4O2/c1-18(2)16-27(23(30)25-24(3,4)5)17-21(29)28-15-14-26-13-9-12-20(26)22(28)19-10-7-6-8-11-19/h6-13,18,22H,14-17H2,1-5H3,(H,25,30). The largest absolute Gasteiger partial charge is 0.348 e. The van der Waals surface area contributed by atoms with Crippen LogP contribution in [0.5, 0.6) is 0 Å². The zero-order valence-electron chi connectivity index (χ0n) is 18.8. The summed E-state index contributed by atoms with van der Waals surface area (Å²) in [6.07, 6.45) is 2.06. The van der Waals surface area contributed by atoms with Gasteiger partial charge in [-0.2, -0.15) is 0 Å². The number of urea groups is 1. The number of hydrogen-bond acceptors (Lipinski definition) is 2. The lowest BCUT2D eigenvalue weighted by Crippen LogP contribution is -2.53. The molecule has 0 aliphatic carbocycles. The summed E-state index contributed by atoms with van der Waals surface area (Å²) in [5.74, 6) is 0.244. The smallest absolute Gasteiger partial charge is 0.318 e. The average Bonchev–Trinajstić information content (AvgIpc) is 3.14. The van der Waals surface area contributed by atoms with E-state index in [1.54, 1.807) is 4.90 Å². The third kappa shape index (κ3) is 5.23. The van der Waals surface area contributed by atoms with Gasteiger partial charge in [0, 0.05) is 37.1 Å². The molecule has 0 saturated heterocycles. The van der Waals surface area contributed by atoms with E-state index in [9.17, 15) is 9.59 Å². The van der Waals surface area contributed by atoms with Crippen molar-refractivity contribution in [2.75, 3.05) is 19.6 Å². The Bertz CT molecular complexity index is 867. The molecule has 2 aromatic rings. The van der Waals surface area contributed by atoms with Gasteiger partial charge in [-0.25, -0.2) is 4.79 Å². The summed E-state index contributed by atoms with van der Waals surface area (Å²) in [5.41, 5.74) is 1.84. The second-order valence-corrected chi connectivity index (χ2v) is 9.48. The van der Waals surface area contributed by atoms with E-state index in [0.717, 1.165) is 17.8 Å². The van der Waals surface area contributed by atoms with Crippen molar-refractivity contribution in [2.45, 2.75) is 52.7 Å². The summed E-state index contributed by atoms with van der Waals surface area (Å²) in [6, 6.07) is 13.9. The van der Waals surface area contributed by atoms with Crippen molar-refractivity contribution in [3.63, 3.8) is 0 Å². The second kappa shape index (κ2) is 8.94. The minimum Gasteiger partial charge on any atom is -0.348 e. The predicted molar refractivity (Wildman–Crippen MR) is 119 cm³/mol. The molecule has 1 aliphatic heterocycles. The van der Waals surface area contributed by atoms with Crippen molar-refractivity contribution >= 4 is 11.9 Å². The van der Waals surface area contributed by atoms with Crippen molar-refractivity contribution < 1.29 is 9.59 Å². The molecule has 0 radical (unpaired) electrons. The van der Waals surface area contributed by atoms with E-state index in [4.69, 9.17) is 0 Å². The Morgan fingerprint density at radius 1 is 1.10 bits per heavy atom. The fraction of sp³-hybridized carbons (Fsp3) is 0.500. The molecule has 30 heavy (non-hydrogen) atoms. The minimum atomic E-state index is -0.353. The lowest BCUT2D eigenvalue weighted by molar-refractivity contribution is -0.134. The maximum Gasteiger partial charge on any atom is 0.318 e. The zero-order valence-corrected chi connectivity index (χ0v) is 18.8. The number of carbonyl (C=O) groups excluding carboxylic acids is 2. The number of nitrogens with zero attached hydrogens (tertiary/aromatic N) is 3. The molecule has 1 aromatic carbocycles. The normalized spacial score (nSPS) is 16.3. The summed E-state index contributed by atoms with van der Waals surface area (Å²) in [4.78, 5) is 29.9. The van der Waals surface area contributed by atoms with Crippen molar-refractivity contribution in [1.82, 2.24) is 19.7 Å². The highest BCUT2D eigenvalue weighted by Crippen LogP contribution is 2.32. The van der Waals surface area contributed by atoms with Crippen LogP contribution in [0.3, 0.4) is 0 Å². The van der Waals surface area contributed by atoms with E-state index in [-0.39, 0.29) is 36.0 Å². The van der Waals surface area contributed by atoms with Crippen LogP contribution in [0, 0.1) is 5.92 Å². The number of fused-ring (bicyclic) bond motifs is 1. The van der Waals surface area contributed by atoms with Crippen LogP contribution in [-0.4, -0.2) is 51.5 Å². The van der Waals surface area contributed by atoms with Crippen LogP contribution < -0.4 is 5.32 Å². The lowest BCUT2D eigenvalue weighted by atomic mass is 10.00. The Hall–Kier alpha value is -2.76. The van der Waals surface area contributed by atoms with E-state index in [2.05, 4.69) is 48.1 Å². The number of carbonyl (C=O) groups is 2. The maximum atomic E-state index is 13.5. The molecule has 1 atom stereocenters. The second-order valence-electron chi connectivity index (χ2n) is 9.48. The van der Waals surface area contributed by atoms with Crippen LogP contribution >= 0.6 is 0 Å². The molecule has 162 valence electrons. The van der Waals surface area contributed by atoms with Crippen LogP contribution in [0.2, 0.25) is 0 Å². The highest BCUT2D eigenvalue weighted by molar-refractivity contribution is 5.85.